The average molecular weight is 2230 g/mol. The number of hydrogen-bond acceptors (Lipinski definition) is 38. The van der Waals surface area contributed by atoms with Gasteiger partial charge in [0.1, 0.15) is 71.4 Å². The van der Waals surface area contributed by atoms with E-state index in [0.29, 0.717) is 65.2 Å². The number of benzene rings is 4. The fourth-order valence-electron chi connectivity index (χ4n) is 17.5. The van der Waals surface area contributed by atoms with Crippen LogP contribution < -0.4 is 64.1 Å². The number of hydrogen-bond donors (Lipinski definition) is 6. The summed E-state index contributed by atoms with van der Waals surface area (Å²) in [6.07, 6.45) is -18.2. The van der Waals surface area contributed by atoms with Crippen LogP contribution in [0.2, 0.25) is 0 Å². The van der Waals surface area contributed by atoms with Gasteiger partial charge >= 0.3 is 77.7 Å². The van der Waals surface area contributed by atoms with Crippen LogP contribution in [-0.2, 0) is 104 Å². The Hall–Kier alpha value is -10.1. The predicted octanol–water partition coefficient (Wildman–Crippen LogP) is 15.9. The zero-order chi connectivity index (χ0) is 108. The van der Waals surface area contributed by atoms with E-state index in [2.05, 4.69) is 79.5 Å². The molecule has 4 aromatic carbocycles. The van der Waals surface area contributed by atoms with Gasteiger partial charge in [-0.2, -0.15) is 55.1 Å². The van der Waals surface area contributed by atoms with Gasteiger partial charge in [0.25, 0.3) is 23.6 Å². The third-order valence-electron chi connectivity index (χ3n) is 23.9. The van der Waals surface area contributed by atoms with Gasteiger partial charge in [0.05, 0.1) is 62.1 Å². The molecule has 4 aromatic heterocycles. The molecule has 58 heteroatoms. The highest BCUT2D eigenvalue weighted by Crippen LogP contribution is 2.65. The number of halogens is 8. The van der Waals surface area contributed by atoms with Gasteiger partial charge in [-0.3, -0.25) is 91.7 Å². The third kappa shape index (κ3) is 24.0. The zero-order valence-corrected chi connectivity index (χ0v) is 88.1. The van der Waals surface area contributed by atoms with Gasteiger partial charge in [-0.05, 0) is 212 Å². The summed E-state index contributed by atoms with van der Waals surface area (Å²) in [7, 11) is -16.9. The number of ether oxygens (including phenoxy) is 6. The van der Waals surface area contributed by atoms with Gasteiger partial charge in [0.2, 0.25) is 24.9 Å². The SMILES string of the molecule is CC(C)OP1(=O)OC[C@H]2OC(n3ccc(NC(=O)c4ccc5c(c4)CC(C)(C)O5)nc3=O)C(F)(F)[C@@H]2O1.CC(C)OP1(=O)OC[C@H]2OC(n3ccc(NC(=O)c4ccc5c(c4)CC(C)(C)S5)nc3=O)C(F)(F)[C@@H]2O1.CC(C)OP1(=O)OC[C@H]2OC(n3ccc(NC(=O)c4ccc5c(c4)NC(C)(C)CO5)nc3=O)C(F)(F)[C@@H]2O1.CC(C)OP1(=O)OC[C@H]2OC(n3ccc(NC(=O)c4ccc5c(c4)NC(C)(C)CS5)nc3=O)C(F)(F)[C@@H]2O1. The maximum Gasteiger partial charge on any atom is 0.475 e. The van der Waals surface area contributed by atoms with Crippen LogP contribution in [0.15, 0.2) is 151 Å². The normalized spacial score (nSPS) is 29.4. The Bertz CT molecular complexity index is 6660. The number of aromatic nitrogens is 8. The van der Waals surface area contributed by atoms with Crippen molar-refractivity contribution in [3.05, 3.63) is 197 Å². The van der Waals surface area contributed by atoms with Crippen LogP contribution in [0.25, 0.3) is 0 Å². The third-order valence-corrected chi connectivity index (χ3v) is 33.2. The summed E-state index contributed by atoms with van der Waals surface area (Å²) < 4.78 is 268. The summed E-state index contributed by atoms with van der Waals surface area (Å²) in [5.41, 5.74) is -0.493. The van der Waals surface area contributed by atoms with Gasteiger partial charge in [-0.25, -0.2) is 37.4 Å². The van der Waals surface area contributed by atoms with Crippen molar-refractivity contribution in [3.8, 4) is 11.5 Å². The summed E-state index contributed by atoms with van der Waals surface area (Å²) in [6.45, 7) is 27.1. The minimum atomic E-state index is -4.24. The molecule has 16 atom stereocenters. The van der Waals surface area contributed by atoms with Crippen LogP contribution in [-0.4, -0.2) is 219 Å². The number of fused-ring (bicyclic) bond motifs is 8. The molecule has 812 valence electrons. The molecule has 0 aliphatic carbocycles. The second-order valence-electron chi connectivity index (χ2n) is 40.1. The van der Waals surface area contributed by atoms with Crippen LogP contribution in [0.3, 0.4) is 0 Å². The van der Waals surface area contributed by atoms with Gasteiger partial charge in [0.15, 0.2) is 24.4 Å². The number of anilines is 6. The highest BCUT2D eigenvalue weighted by atomic mass is 32.2. The first-order chi connectivity index (χ1) is 70.0. The molecule has 44 nitrogen and oxygen atoms in total. The number of amides is 4. The number of thioether (sulfide) groups is 2. The van der Waals surface area contributed by atoms with Crippen molar-refractivity contribution >= 4 is 113 Å². The monoisotopic (exact) mass is 2230 g/mol. The van der Waals surface area contributed by atoms with E-state index in [0.717, 1.165) is 63.6 Å². The Balaban J connectivity index is 0.000000136. The molecule has 12 aliphatic heterocycles. The maximum absolute atomic E-state index is 15.3. The molecule has 8 saturated heterocycles. The maximum atomic E-state index is 15.3. The summed E-state index contributed by atoms with van der Waals surface area (Å²) in [5.74, 6) is -15.5. The highest BCUT2D eigenvalue weighted by Gasteiger charge is 2.70. The molecule has 0 bridgehead atoms. The van der Waals surface area contributed by atoms with Gasteiger partial charge < -0.3 is 60.3 Å². The number of phosphoric acid groups is 4. The molecular weight excluding hydrogens is 2120 g/mol. The Morgan fingerprint density at radius 2 is 0.707 bits per heavy atom. The molecule has 0 spiro atoms. The van der Waals surface area contributed by atoms with E-state index < -0.39 is 226 Å². The Morgan fingerprint density at radius 3 is 1.05 bits per heavy atom. The number of alkyl halides is 8. The lowest BCUT2D eigenvalue weighted by Gasteiger charge is -2.33. The van der Waals surface area contributed by atoms with Crippen molar-refractivity contribution in [2.24, 2.45) is 0 Å². The quantitative estimate of drug-likeness (QED) is 0.0305. The number of carbonyl (C=O) groups is 4. The van der Waals surface area contributed by atoms with Crippen molar-refractivity contribution in [2.45, 2.75) is 277 Å². The van der Waals surface area contributed by atoms with Crippen LogP contribution in [0, 0.1) is 0 Å². The predicted molar refractivity (Wildman–Crippen MR) is 519 cm³/mol. The summed E-state index contributed by atoms with van der Waals surface area (Å²) in [6, 6.07) is 25.1. The lowest BCUT2D eigenvalue weighted by Crippen LogP contribution is -2.45. The van der Waals surface area contributed by atoms with E-state index >= 15 is 35.1 Å². The molecule has 8 unspecified atom stereocenters. The Morgan fingerprint density at radius 1 is 0.400 bits per heavy atom. The fourth-order valence-corrected chi connectivity index (χ4v) is 26.1. The van der Waals surface area contributed by atoms with E-state index in [1.165, 1.54) is 24.3 Å². The van der Waals surface area contributed by atoms with E-state index in [-0.39, 0.29) is 50.3 Å². The van der Waals surface area contributed by atoms with Crippen molar-refractivity contribution in [2.75, 3.05) is 70.7 Å². The summed E-state index contributed by atoms with van der Waals surface area (Å²) in [5, 5.41) is 16.7. The standard InChI is InChI=1S/C23H27F2N4O8P.C23H27F2N4O7PS.C23H26F2N3O8P.C23H26F2N3O7PS/c1-12(2)36-38(32)34-10-16-18(37-38)23(24,25)20(35-16)29-8-7-17(27-21(29)31)26-19(30)13-5-6-15-14(9-13)28-22(3,4)11-33-15;1-12(2)35-37(32)33-10-15-18(36-37)23(24,25)20(34-15)29-8-7-17(27-21(29)31)26-19(30)13-5-6-16-14(9-13)28-22(3,4)11-38-16;1-12(2)35-37(31)32-11-16-18(36-37)23(24,25)20(33-16)28-8-7-17(27-21(28)30)26-19(29)13-5-6-15-14(9-13)10-22(3,4)34-15;1-12(2)34-36(31)32-11-15-18(35-36)23(24,25)20(33-15)28-8-7-17(27-21(28)30)26-19(29)13-5-6-16-14(9-13)10-22(3,4)37-16/h5-9,12,16,18,20,28H,10-11H2,1-4H3,(H,26,27,30,31);5-9,12,15,18,20,28H,10-11H2,1-4H3,(H,26,27,30,31);5-9,12,16,18,20H,10-11H2,1-4H3,(H,26,27,29,30);5-9,12,15,18,20H,10-11H2,1-4H3,(H,26,27,29,30)/t16-,18-,20?,38?;15-,18-,20?,37?;16-,18-,20?,37?;15-,18-,20?,36?/m1111/s1. The number of nitrogens with zero attached hydrogens (tertiary/aromatic N) is 8. The fraction of sp³-hybridized carbons (Fsp3) is 0.522. The molecule has 0 saturated carbocycles. The molecule has 6 N–H and O–H groups in total. The molecule has 4 amide bonds. The lowest BCUT2D eigenvalue weighted by atomic mass is 10.00. The van der Waals surface area contributed by atoms with Crippen LogP contribution >= 0.6 is 54.8 Å². The van der Waals surface area contributed by atoms with E-state index in [1.807, 2.05) is 39.8 Å². The first-order valence-corrected chi connectivity index (χ1v) is 54.6. The number of carbonyl (C=O) groups excluding carboxylic acids is 4. The largest absolute Gasteiger partial charge is 0.489 e. The Labute approximate surface area is 858 Å². The van der Waals surface area contributed by atoms with E-state index in [1.54, 1.807) is 140 Å². The highest BCUT2D eigenvalue weighted by molar-refractivity contribution is 8.01. The smallest absolute Gasteiger partial charge is 0.475 e. The number of phosphoric ester groups is 4. The van der Waals surface area contributed by atoms with Crippen LogP contribution in [0.5, 0.6) is 11.5 Å². The molecule has 16 heterocycles. The first-order valence-electron chi connectivity index (χ1n) is 47.0. The second-order valence-corrected chi connectivity index (χ2v) is 49.1. The molecule has 8 aromatic rings. The molecule has 150 heavy (non-hydrogen) atoms. The van der Waals surface area contributed by atoms with Gasteiger partial charge in [-0.15, -0.1) is 23.5 Å². The summed E-state index contributed by atoms with van der Waals surface area (Å²) in [4.78, 5) is 119. The Kier molecular flexibility index (Phi) is 30.8. The molecular formula is C92H106F8N14O30P4S2. The molecule has 8 fully saturated rings. The van der Waals surface area contributed by atoms with E-state index in [9.17, 15) is 56.6 Å². The van der Waals surface area contributed by atoms with Gasteiger partial charge in [-0.1, -0.05) is 13.8 Å². The zero-order valence-electron chi connectivity index (χ0n) is 82.9. The average Bonchev–Trinajstić information content (AvgIpc) is 1.60. The van der Waals surface area contributed by atoms with E-state index in [4.69, 9.17) is 82.7 Å². The molecule has 0 radical (unpaired) electrons. The lowest BCUT2D eigenvalue weighted by molar-refractivity contribution is -0.139. The van der Waals surface area contributed by atoms with Crippen molar-refractivity contribution in [1.82, 2.24) is 38.2 Å². The summed E-state index contributed by atoms with van der Waals surface area (Å²) >= 11 is 3.42. The second kappa shape index (κ2) is 41.6. The minimum absolute atomic E-state index is 0.0426. The minimum Gasteiger partial charge on any atom is -0.489 e. The van der Waals surface area contributed by atoms with Gasteiger partial charge in [0, 0.05) is 85.0 Å². The first kappa shape index (κ1) is 111. The number of rotatable bonds is 20. The topological polar surface area (TPSA) is 514 Å². The van der Waals surface area contributed by atoms with Crippen LogP contribution in [0.4, 0.5) is 69.8 Å². The molecule has 12 aliphatic rings. The van der Waals surface area contributed by atoms with Crippen molar-refractivity contribution in [1.29, 1.82) is 0 Å². The van der Waals surface area contributed by atoms with Crippen molar-refractivity contribution in [3.63, 3.8) is 0 Å². The van der Waals surface area contributed by atoms with Crippen molar-refractivity contribution < 1.29 is 155 Å². The van der Waals surface area contributed by atoms with Crippen LogP contribution in [0.1, 0.15) is 188 Å². The number of nitrogens with one attached hydrogen (secondary N) is 6. The molecule has 20 rings (SSSR count).